The molecular weight excluding hydrogens is 298 g/mol. The molecule has 5 nitrogen and oxygen atoms in total. The fourth-order valence-electron chi connectivity index (χ4n) is 4.57. The third kappa shape index (κ3) is 2.76. The van der Waals surface area contributed by atoms with Gasteiger partial charge in [-0.15, -0.1) is 0 Å². The van der Waals surface area contributed by atoms with E-state index in [1.807, 2.05) is 29.1 Å². The third-order valence-electron chi connectivity index (χ3n) is 5.92. The molecule has 3 atom stereocenters. The van der Waals surface area contributed by atoms with Crippen LogP contribution in [0.15, 0.2) is 24.4 Å². The van der Waals surface area contributed by atoms with Gasteiger partial charge in [0.05, 0.1) is 5.69 Å². The summed E-state index contributed by atoms with van der Waals surface area (Å²) in [5.41, 5.74) is 10.0. The van der Waals surface area contributed by atoms with E-state index in [0.29, 0.717) is 12.0 Å². The minimum Gasteiger partial charge on any atom is -0.327 e. The molecule has 1 saturated carbocycles. The molecule has 2 aliphatic rings. The maximum atomic E-state index is 6.36. The highest BCUT2D eigenvalue weighted by atomic mass is 15.3. The Hall–Kier alpha value is -1.72. The maximum Gasteiger partial charge on any atom is 0.153 e. The number of likely N-dealkylation sites (tertiary alicyclic amines) is 1. The van der Waals surface area contributed by atoms with Crippen molar-refractivity contribution >= 4 is 0 Å². The first-order chi connectivity index (χ1) is 11.6. The van der Waals surface area contributed by atoms with Crippen LogP contribution in [-0.2, 0) is 6.54 Å². The van der Waals surface area contributed by atoms with E-state index in [-0.39, 0.29) is 0 Å². The minimum atomic E-state index is 0.396. The van der Waals surface area contributed by atoms with E-state index in [9.17, 15) is 0 Å². The van der Waals surface area contributed by atoms with E-state index in [4.69, 9.17) is 10.8 Å². The molecule has 1 saturated heterocycles. The summed E-state index contributed by atoms with van der Waals surface area (Å²) >= 11 is 0. The van der Waals surface area contributed by atoms with Crippen molar-refractivity contribution in [1.29, 1.82) is 0 Å². The predicted octanol–water partition coefficient (Wildman–Crippen LogP) is 2.44. The monoisotopic (exact) mass is 325 g/mol. The largest absolute Gasteiger partial charge is 0.327 e. The minimum absolute atomic E-state index is 0.396. The Kier molecular flexibility index (Phi) is 4.14. The molecule has 0 bridgehead atoms. The van der Waals surface area contributed by atoms with Crippen molar-refractivity contribution < 1.29 is 0 Å². The first kappa shape index (κ1) is 15.8. The second kappa shape index (κ2) is 6.30. The molecule has 1 aliphatic heterocycles. The van der Waals surface area contributed by atoms with E-state index in [1.165, 1.54) is 37.1 Å². The van der Waals surface area contributed by atoms with Gasteiger partial charge < -0.3 is 5.73 Å². The molecule has 0 radical (unpaired) electrons. The van der Waals surface area contributed by atoms with Crippen LogP contribution < -0.4 is 5.73 Å². The van der Waals surface area contributed by atoms with Gasteiger partial charge in [-0.25, -0.2) is 9.67 Å². The van der Waals surface area contributed by atoms with Gasteiger partial charge in [-0.1, -0.05) is 12.5 Å². The van der Waals surface area contributed by atoms with Crippen LogP contribution in [0.25, 0.3) is 5.82 Å². The molecule has 2 aromatic rings. The van der Waals surface area contributed by atoms with Crippen LogP contribution >= 0.6 is 0 Å². The molecule has 2 fully saturated rings. The number of nitrogens with zero attached hydrogens (tertiary/aromatic N) is 4. The topological polar surface area (TPSA) is 60.0 Å². The average molecular weight is 325 g/mol. The Balaban J connectivity index is 1.54. The van der Waals surface area contributed by atoms with Crippen LogP contribution in [0.1, 0.15) is 36.2 Å². The Morgan fingerprint density at radius 3 is 2.83 bits per heavy atom. The average Bonchev–Trinajstić information content (AvgIpc) is 3.13. The quantitative estimate of drug-likeness (QED) is 0.941. The lowest BCUT2D eigenvalue weighted by molar-refractivity contribution is 0.259. The standard InChI is InChI=1S/C19H27N5/c1-13-16(14(2)24(22-13)19-8-3-4-9-21-19)11-23-10-15-6-5-7-18(20)17(15)12-23/h3-4,8-9,15,17-18H,5-7,10-12,20H2,1-2H3. The van der Waals surface area contributed by atoms with Crippen LogP contribution in [0.4, 0.5) is 0 Å². The zero-order valence-corrected chi connectivity index (χ0v) is 14.7. The van der Waals surface area contributed by atoms with E-state index in [1.54, 1.807) is 0 Å². The van der Waals surface area contributed by atoms with Gasteiger partial charge in [0.1, 0.15) is 0 Å². The van der Waals surface area contributed by atoms with Crippen molar-refractivity contribution in [3.63, 3.8) is 0 Å². The third-order valence-corrected chi connectivity index (χ3v) is 5.92. The van der Waals surface area contributed by atoms with Crippen LogP contribution in [0.3, 0.4) is 0 Å². The van der Waals surface area contributed by atoms with Crippen LogP contribution in [-0.4, -0.2) is 38.8 Å². The van der Waals surface area contributed by atoms with Crippen LogP contribution in [0.2, 0.25) is 0 Å². The van der Waals surface area contributed by atoms with Gasteiger partial charge in [0.25, 0.3) is 0 Å². The van der Waals surface area contributed by atoms with Gasteiger partial charge in [-0.2, -0.15) is 5.10 Å². The van der Waals surface area contributed by atoms with Gasteiger partial charge in [-0.3, -0.25) is 4.90 Å². The number of nitrogens with two attached hydrogens (primary N) is 1. The molecule has 0 spiro atoms. The highest BCUT2D eigenvalue weighted by Crippen LogP contribution is 2.36. The second-order valence-corrected chi connectivity index (χ2v) is 7.46. The number of aryl methyl sites for hydroxylation is 1. The van der Waals surface area contributed by atoms with Gasteiger partial charge >= 0.3 is 0 Å². The number of fused-ring (bicyclic) bond motifs is 1. The smallest absolute Gasteiger partial charge is 0.153 e. The Bertz CT molecular complexity index is 708. The SMILES string of the molecule is Cc1nn(-c2ccccn2)c(C)c1CN1CC2CCCC(N)C2C1. The van der Waals surface area contributed by atoms with Crippen molar-refractivity contribution in [2.75, 3.05) is 13.1 Å². The normalized spacial score (nSPS) is 27.4. The molecule has 24 heavy (non-hydrogen) atoms. The Morgan fingerprint density at radius 1 is 1.21 bits per heavy atom. The van der Waals surface area contributed by atoms with E-state index >= 15 is 0 Å². The van der Waals surface area contributed by atoms with Crippen molar-refractivity contribution in [3.05, 3.63) is 41.3 Å². The molecule has 3 unspecified atom stereocenters. The molecule has 2 N–H and O–H groups in total. The summed E-state index contributed by atoms with van der Waals surface area (Å²) in [6, 6.07) is 6.34. The summed E-state index contributed by atoms with van der Waals surface area (Å²) in [4.78, 5) is 7.02. The lowest BCUT2D eigenvalue weighted by atomic mass is 9.78. The lowest BCUT2D eigenvalue weighted by Crippen LogP contribution is -2.38. The van der Waals surface area contributed by atoms with Crippen LogP contribution in [0, 0.1) is 25.7 Å². The number of hydrogen-bond acceptors (Lipinski definition) is 4. The van der Waals surface area contributed by atoms with Crippen LogP contribution in [0.5, 0.6) is 0 Å². The fourth-order valence-corrected chi connectivity index (χ4v) is 4.57. The second-order valence-electron chi connectivity index (χ2n) is 7.46. The van der Waals surface area contributed by atoms with E-state index in [2.05, 4.69) is 23.7 Å². The molecule has 2 aromatic heterocycles. The number of pyridine rings is 1. The molecular formula is C19H27N5. The summed E-state index contributed by atoms with van der Waals surface area (Å²) in [6.07, 6.45) is 5.66. The van der Waals surface area contributed by atoms with Crippen molar-refractivity contribution in [3.8, 4) is 5.82 Å². The summed E-state index contributed by atoms with van der Waals surface area (Å²) in [5.74, 6) is 2.37. The van der Waals surface area contributed by atoms with E-state index in [0.717, 1.165) is 30.5 Å². The molecule has 3 heterocycles. The van der Waals surface area contributed by atoms with Crippen molar-refractivity contribution in [2.45, 2.75) is 45.7 Å². The molecule has 128 valence electrons. The van der Waals surface area contributed by atoms with Crippen molar-refractivity contribution in [1.82, 2.24) is 19.7 Å². The van der Waals surface area contributed by atoms with E-state index < -0.39 is 0 Å². The molecule has 4 rings (SSSR count). The number of rotatable bonds is 3. The summed E-state index contributed by atoms with van der Waals surface area (Å²) in [6.45, 7) is 7.56. The molecule has 5 heteroatoms. The zero-order chi connectivity index (χ0) is 16.7. The summed E-state index contributed by atoms with van der Waals surface area (Å²) in [5, 5.41) is 4.73. The number of aromatic nitrogens is 3. The Morgan fingerprint density at radius 2 is 2.08 bits per heavy atom. The highest BCUT2D eigenvalue weighted by molar-refractivity contribution is 5.32. The van der Waals surface area contributed by atoms with Crippen molar-refractivity contribution in [2.24, 2.45) is 17.6 Å². The van der Waals surface area contributed by atoms with Gasteiger partial charge in [0, 0.05) is 43.1 Å². The maximum absolute atomic E-state index is 6.36. The van der Waals surface area contributed by atoms with Gasteiger partial charge in [0.15, 0.2) is 5.82 Å². The molecule has 0 aromatic carbocycles. The summed E-state index contributed by atoms with van der Waals surface area (Å²) in [7, 11) is 0. The fraction of sp³-hybridized carbons (Fsp3) is 0.579. The first-order valence-corrected chi connectivity index (χ1v) is 9.08. The van der Waals surface area contributed by atoms with Gasteiger partial charge in [-0.05, 0) is 50.7 Å². The lowest BCUT2D eigenvalue weighted by Gasteiger charge is -2.29. The number of hydrogen-bond donors (Lipinski definition) is 1. The van der Waals surface area contributed by atoms with Gasteiger partial charge in [0.2, 0.25) is 0 Å². The predicted molar refractivity (Wildman–Crippen MR) is 94.9 cm³/mol. The summed E-state index contributed by atoms with van der Waals surface area (Å²) < 4.78 is 1.97. The highest BCUT2D eigenvalue weighted by Gasteiger charge is 2.38. The molecule has 0 amide bonds. The molecule has 1 aliphatic carbocycles. The first-order valence-electron chi connectivity index (χ1n) is 9.08. The zero-order valence-electron chi connectivity index (χ0n) is 14.7. The Labute approximate surface area is 143 Å².